The van der Waals surface area contributed by atoms with Crippen LogP contribution < -0.4 is 10.6 Å². The van der Waals surface area contributed by atoms with E-state index in [1.807, 2.05) is 12.3 Å². The van der Waals surface area contributed by atoms with Crippen molar-refractivity contribution in [2.45, 2.75) is 44.7 Å². The van der Waals surface area contributed by atoms with Gasteiger partial charge in [0.15, 0.2) is 5.65 Å². The van der Waals surface area contributed by atoms with E-state index in [-0.39, 0.29) is 0 Å². The van der Waals surface area contributed by atoms with Crippen molar-refractivity contribution < 1.29 is 0 Å². The molecule has 0 spiro atoms. The van der Waals surface area contributed by atoms with E-state index >= 15 is 0 Å². The molecule has 0 bridgehead atoms. The number of hydrogen-bond donors (Lipinski definition) is 2. The predicted octanol–water partition coefficient (Wildman–Crippen LogP) is 2.25. The molecule has 0 radical (unpaired) electrons. The lowest BCUT2D eigenvalue weighted by atomic mass is 9.94. The van der Waals surface area contributed by atoms with Crippen LogP contribution in [0.15, 0.2) is 18.3 Å². The Bertz CT molecular complexity index is 623. The van der Waals surface area contributed by atoms with Gasteiger partial charge in [0.05, 0.1) is 6.17 Å². The van der Waals surface area contributed by atoms with Crippen LogP contribution >= 0.6 is 0 Å². The van der Waals surface area contributed by atoms with Gasteiger partial charge in [-0.05, 0) is 69.8 Å². The summed E-state index contributed by atoms with van der Waals surface area (Å²) in [5.41, 5.74) is 2.09. The minimum Gasteiger partial charge on any atom is -0.317 e. The average molecular weight is 299 g/mol. The molecule has 22 heavy (non-hydrogen) atoms. The highest BCUT2D eigenvalue weighted by Gasteiger charge is 2.24. The Morgan fingerprint density at radius 3 is 2.86 bits per heavy atom. The number of rotatable bonds is 3. The number of hydrogen-bond acceptors (Lipinski definition) is 4. The molecule has 0 amide bonds. The van der Waals surface area contributed by atoms with Crippen molar-refractivity contribution in [3.8, 4) is 0 Å². The van der Waals surface area contributed by atoms with Gasteiger partial charge in [0.1, 0.15) is 11.3 Å². The van der Waals surface area contributed by atoms with Gasteiger partial charge in [-0.15, -0.1) is 0 Å². The van der Waals surface area contributed by atoms with Gasteiger partial charge in [-0.1, -0.05) is 0 Å². The van der Waals surface area contributed by atoms with Crippen molar-refractivity contribution in [1.29, 1.82) is 0 Å². The number of piperidine rings is 2. The molecule has 2 aromatic heterocycles. The number of pyridine rings is 1. The van der Waals surface area contributed by atoms with Crippen molar-refractivity contribution in [3.63, 3.8) is 0 Å². The molecule has 118 valence electrons. The zero-order valence-corrected chi connectivity index (χ0v) is 13.1. The summed E-state index contributed by atoms with van der Waals surface area (Å²) in [7, 11) is 0. The summed E-state index contributed by atoms with van der Waals surface area (Å²) in [6, 6.07) is 4.08. The minimum atomic E-state index is 0.366. The van der Waals surface area contributed by atoms with E-state index in [9.17, 15) is 0 Å². The highest BCUT2D eigenvalue weighted by molar-refractivity contribution is 5.71. The molecule has 4 rings (SSSR count). The number of imidazole rings is 1. The van der Waals surface area contributed by atoms with Gasteiger partial charge in [-0.3, -0.25) is 9.88 Å². The number of nitrogens with one attached hydrogen (secondary N) is 2. The lowest BCUT2D eigenvalue weighted by Gasteiger charge is -2.28. The van der Waals surface area contributed by atoms with Crippen LogP contribution in [0.5, 0.6) is 0 Å². The van der Waals surface area contributed by atoms with Crippen LogP contribution in [0.25, 0.3) is 11.2 Å². The van der Waals surface area contributed by atoms with Crippen molar-refractivity contribution in [1.82, 2.24) is 25.2 Å². The van der Waals surface area contributed by atoms with Crippen LogP contribution in [0.4, 0.5) is 0 Å². The summed E-state index contributed by atoms with van der Waals surface area (Å²) in [5.74, 6) is 1.97. The molecule has 5 nitrogen and oxygen atoms in total. The average Bonchev–Trinajstić information content (AvgIpc) is 2.94. The molecular formula is C17H25N5. The van der Waals surface area contributed by atoms with Crippen LogP contribution in [0, 0.1) is 5.92 Å². The largest absolute Gasteiger partial charge is 0.317 e. The van der Waals surface area contributed by atoms with Gasteiger partial charge in [-0.2, -0.15) is 0 Å². The van der Waals surface area contributed by atoms with Gasteiger partial charge in [0, 0.05) is 12.6 Å². The first-order valence-electron chi connectivity index (χ1n) is 8.68. The maximum atomic E-state index is 4.92. The molecule has 2 N–H and O–H groups in total. The van der Waals surface area contributed by atoms with Crippen LogP contribution in [-0.4, -0.2) is 34.2 Å². The quantitative estimate of drug-likeness (QED) is 0.913. The zero-order valence-electron chi connectivity index (χ0n) is 13.1. The maximum Gasteiger partial charge on any atom is 0.161 e. The summed E-state index contributed by atoms with van der Waals surface area (Å²) in [5, 5.41) is 7.12. The fraction of sp³-hybridized carbons (Fsp3) is 0.647. The lowest BCUT2D eigenvalue weighted by molar-refractivity contribution is 0.306. The zero-order chi connectivity index (χ0) is 14.8. The van der Waals surface area contributed by atoms with Crippen molar-refractivity contribution in [2.24, 2.45) is 5.92 Å². The molecule has 0 aliphatic carbocycles. The maximum absolute atomic E-state index is 4.92. The van der Waals surface area contributed by atoms with E-state index in [4.69, 9.17) is 4.98 Å². The third kappa shape index (κ3) is 2.75. The molecule has 2 aromatic rings. The molecule has 0 aromatic carbocycles. The van der Waals surface area contributed by atoms with E-state index in [0.717, 1.165) is 43.1 Å². The fourth-order valence-electron chi connectivity index (χ4n) is 3.85. The Balaban J connectivity index is 1.68. The Hall–Kier alpha value is -1.46. The monoisotopic (exact) mass is 299 g/mol. The first-order chi connectivity index (χ1) is 10.9. The summed E-state index contributed by atoms with van der Waals surface area (Å²) < 4.78 is 2.39. The van der Waals surface area contributed by atoms with Crippen molar-refractivity contribution in [3.05, 3.63) is 24.2 Å². The molecule has 1 atom stereocenters. The Labute approximate surface area is 131 Å². The number of aromatic nitrogens is 3. The smallest absolute Gasteiger partial charge is 0.161 e. The van der Waals surface area contributed by atoms with E-state index in [2.05, 4.69) is 26.3 Å². The van der Waals surface area contributed by atoms with Crippen LogP contribution in [0.3, 0.4) is 0 Å². The number of nitrogens with zero attached hydrogens (tertiary/aromatic N) is 3. The van der Waals surface area contributed by atoms with E-state index in [0.29, 0.717) is 6.17 Å². The normalized spacial score (nSPS) is 23.9. The third-order valence-corrected chi connectivity index (χ3v) is 5.05. The van der Waals surface area contributed by atoms with Crippen molar-refractivity contribution >= 4 is 11.2 Å². The van der Waals surface area contributed by atoms with Gasteiger partial charge in [0.2, 0.25) is 0 Å². The SMILES string of the molecule is c1cnc2c(c1)nc(CC1CCNCC1)n2C1CCCCN1. The number of fused-ring (bicyclic) bond motifs is 1. The molecule has 0 saturated carbocycles. The highest BCUT2D eigenvalue weighted by atomic mass is 15.2. The second-order valence-corrected chi connectivity index (χ2v) is 6.61. The molecule has 5 heteroatoms. The molecule has 4 heterocycles. The van der Waals surface area contributed by atoms with Crippen LogP contribution in [0.1, 0.15) is 44.1 Å². The minimum absolute atomic E-state index is 0.366. The highest BCUT2D eigenvalue weighted by Crippen LogP contribution is 2.27. The first-order valence-corrected chi connectivity index (χ1v) is 8.68. The Morgan fingerprint density at radius 2 is 2.05 bits per heavy atom. The predicted molar refractivity (Wildman–Crippen MR) is 87.7 cm³/mol. The molecular weight excluding hydrogens is 274 g/mol. The Morgan fingerprint density at radius 1 is 1.14 bits per heavy atom. The molecule has 1 unspecified atom stereocenters. The standard InChI is InChI=1S/C17H25N5/c1-2-8-19-15(5-1)22-16(12-13-6-10-18-11-7-13)21-14-4-3-9-20-17(14)22/h3-4,9,13,15,18-19H,1-2,5-8,10-12H2. The molecule has 2 aliphatic heterocycles. The van der Waals surface area contributed by atoms with Gasteiger partial charge >= 0.3 is 0 Å². The Kier molecular flexibility index (Phi) is 4.08. The summed E-state index contributed by atoms with van der Waals surface area (Å²) in [4.78, 5) is 9.54. The van der Waals surface area contributed by atoms with E-state index in [1.165, 1.54) is 37.9 Å². The summed E-state index contributed by atoms with van der Waals surface area (Å²) in [6.07, 6.45) is 9.60. The summed E-state index contributed by atoms with van der Waals surface area (Å²) in [6.45, 7) is 3.39. The molecule has 2 saturated heterocycles. The van der Waals surface area contributed by atoms with Crippen LogP contribution in [-0.2, 0) is 6.42 Å². The first kappa shape index (κ1) is 14.2. The van der Waals surface area contributed by atoms with Gasteiger partial charge in [-0.25, -0.2) is 9.97 Å². The van der Waals surface area contributed by atoms with Gasteiger partial charge in [0.25, 0.3) is 0 Å². The fourth-order valence-corrected chi connectivity index (χ4v) is 3.85. The molecule has 2 fully saturated rings. The van der Waals surface area contributed by atoms with E-state index in [1.54, 1.807) is 0 Å². The van der Waals surface area contributed by atoms with E-state index < -0.39 is 0 Å². The second-order valence-electron chi connectivity index (χ2n) is 6.61. The summed E-state index contributed by atoms with van der Waals surface area (Å²) >= 11 is 0. The molecule has 2 aliphatic rings. The topological polar surface area (TPSA) is 54.8 Å². The van der Waals surface area contributed by atoms with Gasteiger partial charge < -0.3 is 5.32 Å². The third-order valence-electron chi connectivity index (χ3n) is 5.05. The van der Waals surface area contributed by atoms with Crippen molar-refractivity contribution in [2.75, 3.05) is 19.6 Å². The second kappa shape index (κ2) is 6.34. The van der Waals surface area contributed by atoms with Crippen LogP contribution in [0.2, 0.25) is 0 Å². The lowest BCUT2D eigenvalue weighted by Crippen LogP contribution is -2.34.